The van der Waals surface area contributed by atoms with E-state index < -0.39 is 10.0 Å². The maximum absolute atomic E-state index is 12.3. The van der Waals surface area contributed by atoms with Crippen LogP contribution in [0, 0.1) is 0 Å². The molecular formula is C19H25N3O3S2. The summed E-state index contributed by atoms with van der Waals surface area (Å²) in [6.45, 7) is 4.79. The molecule has 0 aliphatic carbocycles. The molecule has 2 heterocycles. The number of amides is 1. The van der Waals surface area contributed by atoms with Crippen LogP contribution in [0.5, 0.6) is 0 Å². The summed E-state index contributed by atoms with van der Waals surface area (Å²) < 4.78 is 27.2. The minimum atomic E-state index is -3.57. The van der Waals surface area contributed by atoms with Crippen molar-refractivity contribution in [1.29, 1.82) is 0 Å². The van der Waals surface area contributed by atoms with Crippen LogP contribution in [0.1, 0.15) is 36.5 Å². The van der Waals surface area contributed by atoms with Crippen molar-refractivity contribution in [2.45, 2.75) is 36.4 Å². The highest BCUT2D eigenvalue weighted by atomic mass is 32.2. The highest BCUT2D eigenvalue weighted by molar-refractivity contribution is 7.94. The highest BCUT2D eigenvalue weighted by Crippen LogP contribution is 2.20. The van der Waals surface area contributed by atoms with Gasteiger partial charge in [-0.2, -0.15) is 0 Å². The van der Waals surface area contributed by atoms with Gasteiger partial charge in [-0.1, -0.05) is 12.5 Å². The molecule has 146 valence electrons. The number of carbonyl (C=O) groups is 1. The highest BCUT2D eigenvalue weighted by Gasteiger charge is 2.18. The zero-order valence-corrected chi connectivity index (χ0v) is 17.0. The van der Waals surface area contributed by atoms with E-state index in [2.05, 4.69) is 21.9 Å². The Kier molecular flexibility index (Phi) is 6.51. The monoisotopic (exact) mass is 407 g/mol. The summed E-state index contributed by atoms with van der Waals surface area (Å²) in [5, 5.41) is 4.65. The van der Waals surface area contributed by atoms with Crippen molar-refractivity contribution in [3.63, 3.8) is 0 Å². The van der Waals surface area contributed by atoms with E-state index in [1.807, 2.05) is 0 Å². The van der Waals surface area contributed by atoms with Gasteiger partial charge in [0, 0.05) is 30.4 Å². The Morgan fingerprint density at radius 3 is 2.67 bits per heavy atom. The van der Waals surface area contributed by atoms with Gasteiger partial charge < -0.3 is 5.32 Å². The van der Waals surface area contributed by atoms with Crippen molar-refractivity contribution in [3.8, 4) is 0 Å². The number of benzene rings is 1. The van der Waals surface area contributed by atoms with E-state index in [9.17, 15) is 13.2 Å². The summed E-state index contributed by atoms with van der Waals surface area (Å²) in [4.78, 5) is 14.7. The largest absolute Gasteiger partial charge is 0.351 e. The quantitative estimate of drug-likeness (QED) is 0.739. The molecule has 1 aliphatic rings. The van der Waals surface area contributed by atoms with E-state index in [1.165, 1.54) is 19.3 Å². The first-order valence-electron chi connectivity index (χ1n) is 9.14. The number of carbonyl (C=O) groups excluding carboxylic acids is 1. The zero-order valence-electron chi connectivity index (χ0n) is 15.3. The van der Waals surface area contributed by atoms with E-state index in [0.717, 1.165) is 24.4 Å². The molecule has 1 aromatic heterocycles. The number of hydrogen-bond acceptors (Lipinski definition) is 5. The van der Waals surface area contributed by atoms with Gasteiger partial charge in [-0.15, -0.1) is 11.3 Å². The molecule has 2 aromatic rings. The summed E-state index contributed by atoms with van der Waals surface area (Å²) in [6, 6.07) is 10.3. The first-order valence-corrected chi connectivity index (χ1v) is 11.5. The Morgan fingerprint density at radius 1 is 1.22 bits per heavy atom. The molecule has 0 saturated carbocycles. The summed E-state index contributed by atoms with van der Waals surface area (Å²) in [5.41, 5.74) is 0.947. The lowest BCUT2D eigenvalue weighted by Crippen LogP contribution is -2.42. The fourth-order valence-corrected chi connectivity index (χ4v) is 5.27. The molecule has 1 saturated heterocycles. The Bertz CT molecular complexity index is 849. The minimum absolute atomic E-state index is 0.146. The number of sulfonamides is 1. The number of rotatable bonds is 7. The standard InChI is InChI=1S/C19H25N3O3S2/c1-15-5-2-3-12-22(15)13-11-20-19(23)16-7-9-17(10-8-16)21-27(24,25)18-6-4-14-26-18/h4,6-10,14-15,21H,2-3,5,11-13H2,1H3,(H,20,23). The molecule has 1 aromatic carbocycles. The lowest BCUT2D eigenvalue weighted by Gasteiger charge is -2.33. The van der Waals surface area contributed by atoms with Gasteiger partial charge in [-0.05, 0) is 62.0 Å². The van der Waals surface area contributed by atoms with Crippen molar-refractivity contribution in [2.75, 3.05) is 24.4 Å². The molecule has 1 fully saturated rings. The summed E-state index contributed by atoms with van der Waals surface area (Å²) >= 11 is 1.16. The number of hydrogen-bond donors (Lipinski definition) is 2. The average molecular weight is 408 g/mol. The Balaban J connectivity index is 1.51. The summed E-state index contributed by atoms with van der Waals surface area (Å²) in [5.74, 6) is -0.146. The van der Waals surface area contributed by atoms with E-state index in [0.29, 0.717) is 23.8 Å². The first-order chi connectivity index (χ1) is 13.0. The number of piperidine rings is 1. The molecule has 0 bridgehead atoms. The van der Waals surface area contributed by atoms with Gasteiger partial charge >= 0.3 is 0 Å². The smallest absolute Gasteiger partial charge is 0.271 e. The van der Waals surface area contributed by atoms with Crippen LogP contribution in [0.15, 0.2) is 46.0 Å². The van der Waals surface area contributed by atoms with Crippen LogP contribution in [-0.4, -0.2) is 44.9 Å². The zero-order chi connectivity index (χ0) is 19.3. The van der Waals surface area contributed by atoms with Gasteiger partial charge in [0.15, 0.2) is 0 Å². The second-order valence-electron chi connectivity index (χ2n) is 6.75. The number of nitrogens with one attached hydrogen (secondary N) is 2. The molecule has 0 radical (unpaired) electrons. The fourth-order valence-electron chi connectivity index (χ4n) is 3.22. The predicted molar refractivity (Wildman–Crippen MR) is 109 cm³/mol. The number of anilines is 1. The number of likely N-dealkylation sites (tertiary alicyclic amines) is 1. The van der Waals surface area contributed by atoms with Gasteiger partial charge in [0.2, 0.25) is 0 Å². The second-order valence-corrected chi connectivity index (χ2v) is 9.61. The van der Waals surface area contributed by atoms with Crippen LogP contribution in [0.2, 0.25) is 0 Å². The average Bonchev–Trinajstić information content (AvgIpc) is 3.19. The lowest BCUT2D eigenvalue weighted by molar-refractivity contribution is 0.0938. The van der Waals surface area contributed by atoms with Crippen molar-refractivity contribution in [3.05, 3.63) is 47.3 Å². The number of nitrogens with zero attached hydrogens (tertiary/aromatic N) is 1. The van der Waals surface area contributed by atoms with Crippen LogP contribution in [0.25, 0.3) is 0 Å². The van der Waals surface area contributed by atoms with E-state index in [-0.39, 0.29) is 10.1 Å². The lowest BCUT2D eigenvalue weighted by atomic mass is 10.0. The topological polar surface area (TPSA) is 78.5 Å². The molecule has 0 spiro atoms. The van der Waals surface area contributed by atoms with Gasteiger partial charge in [0.05, 0.1) is 0 Å². The van der Waals surface area contributed by atoms with E-state index in [1.54, 1.807) is 41.8 Å². The van der Waals surface area contributed by atoms with Gasteiger partial charge in [0.25, 0.3) is 15.9 Å². The molecule has 3 rings (SSSR count). The molecule has 6 nitrogen and oxygen atoms in total. The Labute approximate surface area is 164 Å². The molecule has 1 unspecified atom stereocenters. The third-order valence-corrected chi connectivity index (χ3v) is 7.56. The van der Waals surface area contributed by atoms with Gasteiger partial charge in [0.1, 0.15) is 4.21 Å². The minimum Gasteiger partial charge on any atom is -0.351 e. The third-order valence-electron chi connectivity index (χ3n) is 4.78. The fraction of sp³-hybridized carbons (Fsp3) is 0.421. The Morgan fingerprint density at radius 2 is 2.00 bits per heavy atom. The second kappa shape index (κ2) is 8.86. The van der Waals surface area contributed by atoms with Crippen molar-refractivity contribution < 1.29 is 13.2 Å². The maximum Gasteiger partial charge on any atom is 0.271 e. The van der Waals surface area contributed by atoms with Crippen LogP contribution in [0.4, 0.5) is 5.69 Å². The van der Waals surface area contributed by atoms with Gasteiger partial charge in [-0.3, -0.25) is 14.4 Å². The van der Waals surface area contributed by atoms with Crippen LogP contribution < -0.4 is 10.0 Å². The SMILES string of the molecule is CC1CCCCN1CCNC(=O)c1ccc(NS(=O)(=O)c2cccs2)cc1. The normalized spacial score (nSPS) is 18.2. The molecule has 1 atom stereocenters. The van der Waals surface area contributed by atoms with Gasteiger partial charge in [-0.25, -0.2) is 8.42 Å². The molecule has 27 heavy (non-hydrogen) atoms. The number of thiophene rings is 1. The molecule has 1 amide bonds. The molecule has 2 N–H and O–H groups in total. The summed E-state index contributed by atoms with van der Waals surface area (Å²) in [6.07, 6.45) is 3.73. The van der Waals surface area contributed by atoms with E-state index in [4.69, 9.17) is 0 Å². The van der Waals surface area contributed by atoms with Crippen molar-refractivity contribution in [1.82, 2.24) is 10.2 Å². The first kappa shape index (κ1) is 19.9. The van der Waals surface area contributed by atoms with Crippen LogP contribution in [-0.2, 0) is 10.0 Å². The van der Waals surface area contributed by atoms with Crippen molar-refractivity contribution in [2.24, 2.45) is 0 Å². The van der Waals surface area contributed by atoms with Crippen LogP contribution in [0.3, 0.4) is 0 Å². The van der Waals surface area contributed by atoms with Crippen LogP contribution >= 0.6 is 11.3 Å². The van der Waals surface area contributed by atoms with Crippen molar-refractivity contribution >= 4 is 33.0 Å². The Hall–Kier alpha value is -1.90. The maximum atomic E-state index is 12.3. The summed E-state index contributed by atoms with van der Waals surface area (Å²) in [7, 11) is -3.57. The molecule has 1 aliphatic heterocycles. The van der Waals surface area contributed by atoms with E-state index >= 15 is 0 Å². The third kappa shape index (κ3) is 5.31. The molecule has 8 heteroatoms. The molecular weight excluding hydrogens is 382 g/mol. The predicted octanol–water partition coefficient (Wildman–Crippen LogP) is 3.15.